The number of anilines is 1. The first-order valence-electron chi connectivity index (χ1n) is 6.57. The summed E-state index contributed by atoms with van der Waals surface area (Å²) in [6, 6.07) is 2.34. The predicted molar refractivity (Wildman–Crippen MR) is 77.6 cm³/mol. The van der Waals surface area contributed by atoms with E-state index in [4.69, 9.17) is 17.3 Å². The van der Waals surface area contributed by atoms with Crippen molar-refractivity contribution in [2.24, 2.45) is 5.92 Å². The molecule has 0 radical (unpaired) electrons. The number of halogens is 2. The highest BCUT2D eigenvalue weighted by atomic mass is 35.5. The highest BCUT2D eigenvalue weighted by Gasteiger charge is 2.30. The topological polar surface area (TPSA) is 63.4 Å². The van der Waals surface area contributed by atoms with Crippen molar-refractivity contribution >= 4 is 27.3 Å². The van der Waals surface area contributed by atoms with Crippen LogP contribution in [0.5, 0.6) is 0 Å². The molecule has 0 aromatic heterocycles. The molecule has 1 atom stereocenters. The Balaban J connectivity index is 2.40. The molecular weight excluding hydrogens is 303 g/mol. The van der Waals surface area contributed by atoms with E-state index in [9.17, 15) is 12.8 Å². The third-order valence-corrected chi connectivity index (χ3v) is 5.78. The van der Waals surface area contributed by atoms with Gasteiger partial charge in [-0.3, -0.25) is 0 Å². The van der Waals surface area contributed by atoms with Gasteiger partial charge in [0.2, 0.25) is 10.0 Å². The van der Waals surface area contributed by atoms with Crippen LogP contribution in [0.15, 0.2) is 17.0 Å². The third-order valence-electron chi connectivity index (χ3n) is 3.61. The monoisotopic (exact) mass is 320 g/mol. The van der Waals surface area contributed by atoms with Crippen molar-refractivity contribution in [1.29, 1.82) is 0 Å². The molecule has 1 aliphatic rings. The van der Waals surface area contributed by atoms with Crippen molar-refractivity contribution in [2.45, 2.75) is 31.1 Å². The maximum absolute atomic E-state index is 14.0. The Hall–Kier alpha value is -0.850. The second kappa shape index (κ2) is 5.87. The Morgan fingerprint density at radius 3 is 2.75 bits per heavy atom. The van der Waals surface area contributed by atoms with Gasteiger partial charge in [0.05, 0.1) is 5.02 Å². The van der Waals surface area contributed by atoms with Crippen LogP contribution >= 0.6 is 11.6 Å². The van der Waals surface area contributed by atoms with Crippen molar-refractivity contribution in [3.8, 4) is 0 Å². The quantitative estimate of drug-likeness (QED) is 0.852. The van der Waals surface area contributed by atoms with Crippen molar-refractivity contribution in [1.82, 2.24) is 4.31 Å². The Labute approximate surface area is 123 Å². The van der Waals surface area contributed by atoms with E-state index in [0.29, 0.717) is 19.0 Å². The van der Waals surface area contributed by atoms with Crippen molar-refractivity contribution in [3.05, 3.63) is 23.0 Å². The number of sulfonamides is 1. The van der Waals surface area contributed by atoms with E-state index in [1.165, 1.54) is 10.4 Å². The normalized spacial score (nSPS) is 21.6. The second-order valence-electron chi connectivity index (χ2n) is 5.26. The molecule has 0 bridgehead atoms. The first kappa shape index (κ1) is 15.5. The molecule has 1 aromatic carbocycles. The summed E-state index contributed by atoms with van der Waals surface area (Å²) in [6.07, 6.45) is 2.53. The molecule has 0 saturated carbocycles. The summed E-state index contributed by atoms with van der Waals surface area (Å²) in [4.78, 5) is -0.433. The van der Waals surface area contributed by atoms with Gasteiger partial charge in [0, 0.05) is 18.8 Å². The molecule has 1 unspecified atom stereocenters. The summed E-state index contributed by atoms with van der Waals surface area (Å²) in [6.45, 7) is 2.89. The Kier molecular flexibility index (Phi) is 4.56. The lowest BCUT2D eigenvalue weighted by Crippen LogP contribution is -2.32. The van der Waals surface area contributed by atoms with Gasteiger partial charge in [0.1, 0.15) is 4.90 Å². The summed E-state index contributed by atoms with van der Waals surface area (Å²) < 4.78 is 40.4. The highest BCUT2D eigenvalue weighted by molar-refractivity contribution is 7.89. The molecule has 1 aromatic rings. The first-order valence-corrected chi connectivity index (χ1v) is 8.39. The van der Waals surface area contributed by atoms with Gasteiger partial charge in [-0.1, -0.05) is 18.5 Å². The van der Waals surface area contributed by atoms with Crippen molar-refractivity contribution in [2.75, 3.05) is 18.8 Å². The lowest BCUT2D eigenvalue weighted by atomic mass is 10.0. The van der Waals surface area contributed by atoms with Gasteiger partial charge in [0.15, 0.2) is 5.82 Å². The van der Waals surface area contributed by atoms with Crippen LogP contribution in [0.1, 0.15) is 26.2 Å². The summed E-state index contributed by atoms with van der Waals surface area (Å²) in [5.74, 6) is -0.456. The predicted octanol–water partition coefficient (Wildman–Crippen LogP) is 2.87. The summed E-state index contributed by atoms with van der Waals surface area (Å²) >= 11 is 5.68. The Bertz CT molecular complexity index is 607. The SMILES string of the molecule is CC1CCCN(S(=O)(=O)c2cc(N)cc(Cl)c2F)CC1. The molecule has 7 heteroatoms. The van der Waals surface area contributed by atoms with Gasteiger partial charge in [0.25, 0.3) is 0 Å². The average Bonchev–Trinajstić information content (AvgIpc) is 2.58. The maximum Gasteiger partial charge on any atom is 0.246 e. The van der Waals surface area contributed by atoms with Crippen LogP contribution in [0.3, 0.4) is 0 Å². The average molecular weight is 321 g/mol. The molecule has 20 heavy (non-hydrogen) atoms. The molecule has 1 saturated heterocycles. The van der Waals surface area contributed by atoms with Crippen LogP contribution in [0.2, 0.25) is 5.02 Å². The highest BCUT2D eigenvalue weighted by Crippen LogP contribution is 2.29. The molecule has 1 aliphatic heterocycles. The van der Waals surface area contributed by atoms with Crippen molar-refractivity contribution < 1.29 is 12.8 Å². The molecule has 112 valence electrons. The number of hydrogen-bond acceptors (Lipinski definition) is 3. The molecule has 1 fully saturated rings. The summed E-state index contributed by atoms with van der Waals surface area (Å²) in [5, 5.41) is -0.272. The minimum absolute atomic E-state index is 0.137. The Morgan fingerprint density at radius 1 is 1.35 bits per heavy atom. The fourth-order valence-corrected chi connectivity index (χ4v) is 4.29. The number of nitrogen functional groups attached to an aromatic ring is 1. The second-order valence-corrected chi connectivity index (χ2v) is 7.57. The van der Waals surface area contributed by atoms with E-state index in [0.717, 1.165) is 25.3 Å². The Morgan fingerprint density at radius 2 is 2.05 bits per heavy atom. The lowest BCUT2D eigenvalue weighted by molar-refractivity contribution is 0.413. The molecular formula is C13H18ClFN2O2S. The van der Waals surface area contributed by atoms with E-state index in [-0.39, 0.29) is 10.7 Å². The number of nitrogens with zero attached hydrogens (tertiary/aromatic N) is 1. The maximum atomic E-state index is 14.0. The van der Waals surface area contributed by atoms with E-state index >= 15 is 0 Å². The van der Waals surface area contributed by atoms with Crippen LogP contribution in [-0.4, -0.2) is 25.8 Å². The van der Waals surface area contributed by atoms with Crippen LogP contribution in [-0.2, 0) is 10.0 Å². The van der Waals surface area contributed by atoms with Gasteiger partial charge in [-0.05, 0) is 37.3 Å². The fourth-order valence-electron chi connectivity index (χ4n) is 2.39. The largest absolute Gasteiger partial charge is 0.399 e. The van der Waals surface area contributed by atoms with Crippen LogP contribution in [0, 0.1) is 11.7 Å². The van der Waals surface area contributed by atoms with E-state index in [2.05, 4.69) is 6.92 Å². The molecule has 4 nitrogen and oxygen atoms in total. The minimum Gasteiger partial charge on any atom is -0.399 e. The lowest BCUT2D eigenvalue weighted by Gasteiger charge is -2.20. The summed E-state index contributed by atoms with van der Waals surface area (Å²) in [5.41, 5.74) is 5.71. The number of rotatable bonds is 2. The van der Waals surface area contributed by atoms with Gasteiger partial charge >= 0.3 is 0 Å². The van der Waals surface area contributed by atoms with Gasteiger partial charge in [-0.25, -0.2) is 12.8 Å². The fraction of sp³-hybridized carbons (Fsp3) is 0.538. The molecule has 2 rings (SSSR count). The number of hydrogen-bond donors (Lipinski definition) is 1. The number of nitrogens with two attached hydrogens (primary N) is 1. The zero-order valence-electron chi connectivity index (χ0n) is 11.3. The molecule has 0 amide bonds. The van der Waals surface area contributed by atoms with Gasteiger partial charge < -0.3 is 5.73 Å². The molecule has 0 aliphatic carbocycles. The van der Waals surface area contributed by atoms with E-state index in [1.54, 1.807) is 0 Å². The molecule has 1 heterocycles. The molecule has 0 spiro atoms. The van der Waals surface area contributed by atoms with Gasteiger partial charge in [-0.15, -0.1) is 0 Å². The zero-order chi connectivity index (χ0) is 14.9. The number of benzene rings is 1. The smallest absolute Gasteiger partial charge is 0.246 e. The van der Waals surface area contributed by atoms with Crippen LogP contribution < -0.4 is 5.73 Å². The minimum atomic E-state index is -3.89. The van der Waals surface area contributed by atoms with E-state index in [1.807, 2.05) is 0 Å². The third kappa shape index (κ3) is 3.07. The first-order chi connectivity index (χ1) is 9.32. The van der Waals surface area contributed by atoms with Crippen LogP contribution in [0.4, 0.5) is 10.1 Å². The van der Waals surface area contributed by atoms with Gasteiger partial charge in [-0.2, -0.15) is 4.31 Å². The van der Waals surface area contributed by atoms with Crippen molar-refractivity contribution in [3.63, 3.8) is 0 Å². The zero-order valence-corrected chi connectivity index (χ0v) is 12.8. The molecule has 2 N–H and O–H groups in total. The van der Waals surface area contributed by atoms with E-state index < -0.39 is 20.7 Å². The summed E-state index contributed by atoms with van der Waals surface area (Å²) in [7, 11) is -3.89. The standard InChI is InChI=1S/C13H18ClFN2O2S/c1-9-3-2-5-17(6-4-9)20(18,19)12-8-10(16)7-11(14)13(12)15/h7-9H,2-6,16H2,1H3. The van der Waals surface area contributed by atoms with Crippen LogP contribution in [0.25, 0.3) is 0 Å².